The normalized spacial score (nSPS) is 16.7. The van der Waals surface area contributed by atoms with Crippen LogP contribution in [0.3, 0.4) is 0 Å². The van der Waals surface area contributed by atoms with E-state index in [0.717, 1.165) is 16.7 Å². The fourth-order valence-electron chi connectivity index (χ4n) is 2.56. The Balaban J connectivity index is 2.06. The predicted octanol–water partition coefficient (Wildman–Crippen LogP) is 3.64. The molecule has 21 heavy (non-hydrogen) atoms. The van der Waals surface area contributed by atoms with Crippen LogP contribution in [0.15, 0.2) is 42.5 Å². The van der Waals surface area contributed by atoms with Crippen LogP contribution >= 0.6 is 0 Å². The average molecular weight is 284 g/mol. The van der Waals surface area contributed by atoms with Crippen LogP contribution in [0.25, 0.3) is 5.57 Å². The van der Waals surface area contributed by atoms with Crippen molar-refractivity contribution in [3.05, 3.63) is 53.6 Å². The second-order valence-corrected chi connectivity index (χ2v) is 4.97. The number of hydrogen-bond donors (Lipinski definition) is 2. The Morgan fingerprint density at radius 3 is 2.71 bits per heavy atom. The molecule has 0 radical (unpaired) electrons. The van der Waals surface area contributed by atoms with E-state index in [4.69, 9.17) is 9.47 Å². The number of aromatic hydroxyl groups is 2. The summed E-state index contributed by atoms with van der Waals surface area (Å²) in [7, 11) is 1.52. The lowest BCUT2D eigenvalue weighted by atomic mass is 9.97. The second-order valence-electron chi connectivity index (χ2n) is 4.97. The number of phenolic OH excluding ortho intramolecular Hbond substituents is 2. The van der Waals surface area contributed by atoms with Crippen molar-refractivity contribution in [3.63, 3.8) is 0 Å². The first-order chi connectivity index (χ1) is 10.1. The molecule has 2 aromatic carbocycles. The smallest absolute Gasteiger partial charge is 0.167 e. The molecule has 1 heterocycles. The zero-order valence-electron chi connectivity index (χ0n) is 11.8. The lowest BCUT2D eigenvalue weighted by Gasteiger charge is -2.26. The van der Waals surface area contributed by atoms with Gasteiger partial charge in [-0.3, -0.25) is 0 Å². The molecule has 0 fully saturated rings. The molecule has 3 rings (SSSR count). The van der Waals surface area contributed by atoms with E-state index in [-0.39, 0.29) is 17.6 Å². The van der Waals surface area contributed by atoms with Gasteiger partial charge >= 0.3 is 0 Å². The maximum Gasteiger partial charge on any atom is 0.167 e. The van der Waals surface area contributed by atoms with Crippen molar-refractivity contribution in [1.29, 1.82) is 0 Å². The number of fused-ring (bicyclic) bond motifs is 1. The van der Waals surface area contributed by atoms with Crippen molar-refractivity contribution in [3.8, 4) is 23.0 Å². The molecule has 2 N–H and O–H groups in total. The minimum atomic E-state index is -0.343. The van der Waals surface area contributed by atoms with Crippen LogP contribution in [-0.2, 0) is 0 Å². The molecule has 0 saturated carbocycles. The minimum Gasteiger partial charge on any atom is -0.508 e. The van der Waals surface area contributed by atoms with E-state index >= 15 is 0 Å². The molecule has 4 nitrogen and oxygen atoms in total. The molecular formula is C17H16O4. The monoisotopic (exact) mass is 284 g/mol. The van der Waals surface area contributed by atoms with Gasteiger partial charge in [0, 0.05) is 11.1 Å². The first-order valence-corrected chi connectivity index (χ1v) is 6.64. The fraction of sp³-hybridized carbons (Fsp3) is 0.176. The highest BCUT2D eigenvalue weighted by molar-refractivity contribution is 5.73. The number of rotatable bonds is 2. The molecule has 0 aliphatic carbocycles. The van der Waals surface area contributed by atoms with Gasteiger partial charge in [0.2, 0.25) is 0 Å². The van der Waals surface area contributed by atoms with Gasteiger partial charge in [0.15, 0.2) is 11.5 Å². The molecule has 0 spiro atoms. The van der Waals surface area contributed by atoms with E-state index in [1.807, 2.05) is 19.1 Å². The van der Waals surface area contributed by atoms with Gasteiger partial charge in [-0.1, -0.05) is 12.1 Å². The Morgan fingerprint density at radius 1 is 1.14 bits per heavy atom. The number of ether oxygens (including phenoxy) is 2. The Hall–Kier alpha value is -2.62. The number of methoxy groups -OCH3 is 1. The number of phenols is 2. The maximum absolute atomic E-state index is 9.89. The first-order valence-electron chi connectivity index (χ1n) is 6.64. The summed E-state index contributed by atoms with van der Waals surface area (Å²) >= 11 is 0. The highest BCUT2D eigenvalue weighted by Crippen LogP contribution is 2.42. The summed E-state index contributed by atoms with van der Waals surface area (Å²) in [6.45, 7) is 1.96. The van der Waals surface area contributed by atoms with Crippen LogP contribution in [0.4, 0.5) is 0 Å². The van der Waals surface area contributed by atoms with Crippen molar-refractivity contribution in [2.75, 3.05) is 7.11 Å². The number of benzene rings is 2. The van der Waals surface area contributed by atoms with Gasteiger partial charge in [0.1, 0.15) is 17.6 Å². The molecule has 108 valence electrons. The average Bonchev–Trinajstić information content (AvgIpc) is 2.47. The van der Waals surface area contributed by atoms with E-state index < -0.39 is 0 Å². The SMILES string of the molecule is COc1c(O)cccc1C1C=C(C)c2cc(O)ccc2O1. The third kappa shape index (κ3) is 2.29. The van der Waals surface area contributed by atoms with Crippen LogP contribution in [0.5, 0.6) is 23.0 Å². The summed E-state index contributed by atoms with van der Waals surface area (Å²) in [5, 5.41) is 19.5. The minimum absolute atomic E-state index is 0.0844. The van der Waals surface area contributed by atoms with Crippen molar-refractivity contribution in [1.82, 2.24) is 0 Å². The number of hydrogen-bond acceptors (Lipinski definition) is 4. The van der Waals surface area contributed by atoms with Gasteiger partial charge in [-0.05, 0) is 42.8 Å². The van der Waals surface area contributed by atoms with E-state index in [2.05, 4.69) is 0 Å². The summed E-state index contributed by atoms with van der Waals surface area (Å²) in [6.07, 6.45) is 1.60. The lowest BCUT2D eigenvalue weighted by molar-refractivity contribution is 0.241. The molecule has 1 aliphatic heterocycles. The molecule has 1 unspecified atom stereocenters. The summed E-state index contributed by atoms with van der Waals surface area (Å²) < 4.78 is 11.2. The summed E-state index contributed by atoms with van der Waals surface area (Å²) in [6, 6.07) is 10.2. The molecule has 0 saturated heterocycles. The number of allylic oxidation sites excluding steroid dienone is 1. The zero-order chi connectivity index (χ0) is 15.0. The van der Waals surface area contributed by atoms with Crippen LogP contribution < -0.4 is 9.47 Å². The standard InChI is InChI=1S/C17H16O4/c1-10-8-16(12-4-3-5-14(19)17(12)20-2)21-15-7-6-11(18)9-13(10)15/h3-9,16,18-19H,1-2H3. The highest BCUT2D eigenvalue weighted by Gasteiger charge is 2.24. The molecule has 1 aliphatic rings. The Kier molecular flexibility index (Phi) is 3.22. The van der Waals surface area contributed by atoms with Crippen molar-refractivity contribution >= 4 is 5.57 Å². The largest absolute Gasteiger partial charge is 0.508 e. The van der Waals surface area contributed by atoms with Gasteiger partial charge in [0.25, 0.3) is 0 Å². The first kappa shape index (κ1) is 13.4. The predicted molar refractivity (Wildman–Crippen MR) is 79.8 cm³/mol. The summed E-state index contributed by atoms with van der Waals surface area (Å²) in [5.41, 5.74) is 2.63. The number of para-hydroxylation sites is 1. The third-order valence-corrected chi connectivity index (χ3v) is 3.58. The van der Waals surface area contributed by atoms with E-state index in [1.165, 1.54) is 7.11 Å². The van der Waals surface area contributed by atoms with Crippen molar-refractivity contribution < 1.29 is 19.7 Å². The molecule has 2 aromatic rings. The lowest BCUT2D eigenvalue weighted by Crippen LogP contribution is -2.12. The maximum atomic E-state index is 9.89. The van der Waals surface area contributed by atoms with Crippen molar-refractivity contribution in [2.45, 2.75) is 13.0 Å². The Labute approximate surface area is 122 Å². The van der Waals surface area contributed by atoms with Crippen LogP contribution in [0.1, 0.15) is 24.2 Å². The van der Waals surface area contributed by atoms with Crippen molar-refractivity contribution in [2.24, 2.45) is 0 Å². The van der Waals surface area contributed by atoms with Gasteiger partial charge < -0.3 is 19.7 Å². The molecular weight excluding hydrogens is 268 g/mol. The third-order valence-electron chi connectivity index (χ3n) is 3.58. The quantitative estimate of drug-likeness (QED) is 0.884. The molecule has 4 heteroatoms. The van der Waals surface area contributed by atoms with Crippen LogP contribution in [-0.4, -0.2) is 17.3 Å². The fourth-order valence-corrected chi connectivity index (χ4v) is 2.56. The highest BCUT2D eigenvalue weighted by atomic mass is 16.5. The Morgan fingerprint density at radius 2 is 1.95 bits per heavy atom. The molecule has 0 aromatic heterocycles. The Bertz CT molecular complexity index is 719. The van der Waals surface area contributed by atoms with Gasteiger partial charge in [0.05, 0.1) is 7.11 Å². The summed E-state index contributed by atoms with van der Waals surface area (Å²) in [5.74, 6) is 1.40. The van der Waals surface area contributed by atoms with Gasteiger partial charge in [-0.25, -0.2) is 0 Å². The van der Waals surface area contributed by atoms with Gasteiger partial charge in [-0.15, -0.1) is 0 Å². The molecule has 0 amide bonds. The summed E-state index contributed by atoms with van der Waals surface area (Å²) in [4.78, 5) is 0. The van der Waals surface area contributed by atoms with Crippen LogP contribution in [0, 0.1) is 0 Å². The molecule has 1 atom stereocenters. The van der Waals surface area contributed by atoms with E-state index in [0.29, 0.717) is 11.5 Å². The van der Waals surface area contributed by atoms with Crippen LogP contribution in [0.2, 0.25) is 0 Å². The van der Waals surface area contributed by atoms with E-state index in [9.17, 15) is 10.2 Å². The molecule has 0 bridgehead atoms. The second kappa shape index (κ2) is 5.05. The van der Waals surface area contributed by atoms with E-state index in [1.54, 1.807) is 30.3 Å². The van der Waals surface area contributed by atoms with Gasteiger partial charge in [-0.2, -0.15) is 0 Å². The zero-order valence-corrected chi connectivity index (χ0v) is 11.8. The topological polar surface area (TPSA) is 58.9 Å².